The van der Waals surface area contributed by atoms with Gasteiger partial charge in [-0.1, -0.05) is 23.2 Å². The van der Waals surface area contributed by atoms with Gasteiger partial charge in [0.2, 0.25) is 0 Å². The van der Waals surface area contributed by atoms with Crippen LogP contribution in [0.3, 0.4) is 0 Å². The summed E-state index contributed by atoms with van der Waals surface area (Å²) in [4.78, 5) is 12.6. The zero-order valence-corrected chi connectivity index (χ0v) is 14.9. The van der Waals surface area contributed by atoms with Crippen LogP contribution in [0.2, 0.25) is 10.0 Å². The first-order valence-corrected chi connectivity index (χ1v) is 8.03. The third kappa shape index (κ3) is 2.60. The number of ether oxygens (including phenoxy) is 1. The van der Waals surface area contributed by atoms with Crippen LogP contribution < -0.4 is 10.3 Å². The maximum absolute atomic E-state index is 12.6. The van der Waals surface area contributed by atoms with Gasteiger partial charge >= 0.3 is 0 Å². The topological polar surface area (TPSA) is 55.0 Å². The van der Waals surface area contributed by atoms with Gasteiger partial charge in [0.1, 0.15) is 16.4 Å². The lowest BCUT2D eigenvalue weighted by atomic mass is 9.90. The van der Waals surface area contributed by atoms with Crippen LogP contribution in [0.25, 0.3) is 5.70 Å². The third-order valence-electron chi connectivity index (χ3n) is 4.17. The molecule has 1 aromatic heterocycles. The van der Waals surface area contributed by atoms with E-state index in [9.17, 15) is 10.1 Å². The summed E-state index contributed by atoms with van der Waals surface area (Å²) in [6, 6.07) is 8.63. The van der Waals surface area contributed by atoms with Crippen LogP contribution in [0.1, 0.15) is 31.9 Å². The van der Waals surface area contributed by atoms with E-state index in [4.69, 9.17) is 27.9 Å². The third-order valence-corrected chi connectivity index (χ3v) is 4.65. The van der Waals surface area contributed by atoms with Crippen molar-refractivity contribution in [2.24, 2.45) is 0 Å². The molecule has 0 unspecified atom stereocenters. The van der Waals surface area contributed by atoms with E-state index in [2.05, 4.69) is 6.07 Å². The summed E-state index contributed by atoms with van der Waals surface area (Å²) in [5.41, 5.74) is 1.61. The number of hydrogen-bond donors (Lipinski definition) is 0. The minimum Gasteiger partial charge on any atom is -0.483 e. The summed E-state index contributed by atoms with van der Waals surface area (Å²) < 4.78 is 7.46. The number of fused-ring (bicyclic) bond motifs is 1. The molecule has 0 saturated heterocycles. The number of nitrogens with zero attached hydrogens (tertiary/aromatic N) is 2. The van der Waals surface area contributed by atoms with Gasteiger partial charge in [0, 0.05) is 11.8 Å². The van der Waals surface area contributed by atoms with Gasteiger partial charge in [-0.3, -0.25) is 9.36 Å². The Bertz CT molecular complexity index is 981. The molecule has 1 aliphatic heterocycles. The van der Waals surface area contributed by atoms with Crippen LogP contribution in [-0.2, 0) is 0 Å². The number of benzene rings is 1. The van der Waals surface area contributed by atoms with E-state index < -0.39 is 5.60 Å². The molecular formula is C18H14Cl2N2O2. The molecule has 122 valence electrons. The average Bonchev–Trinajstić information content (AvgIpc) is 2.52. The fourth-order valence-corrected chi connectivity index (χ4v) is 3.18. The van der Waals surface area contributed by atoms with E-state index in [1.807, 2.05) is 20.8 Å². The largest absolute Gasteiger partial charge is 0.483 e. The summed E-state index contributed by atoms with van der Waals surface area (Å²) in [5.74, 6) is 0.600. The molecule has 1 aromatic carbocycles. The number of pyridine rings is 1. The number of hydrogen-bond acceptors (Lipinski definition) is 3. The maximum atomic E-state index is 12.6. The monoisotopic (exact) mass is 360 g/mol. The summed E-state index contributed by atoms with van der Waals surface area (Å²) in [6.45, 7) is 5.72. The molecule has 4 nitrogen and oxygen atoms in total. The second kappa shape index (κ2) is 5.70. The molecule has 0 bridgehead atoms. The number of rotatable bonds is 1. The van der Waals surface area contributed by atoms with Crippen LogP contribution in [-0.4, -0.2) is 10.2 Å². The predicted molar refractivity (Wildman–Crippen MR) is 94.6 cm³/mol. The van der Waals surface area contributed by atoms with Gasteiger partial charge in [-0.25, -0.2) is 0 Å². The molecule has 0 aliphatic carbocycles. The normalized spacial score (nSPS) is 15.5. The minimum atomic E-state index is -0.620. The van der Waals surface area contributed by atoms with Gasteiger partial charge in [0.25, 0.3) is 5.56 Å². The summed E-state index contributed by atoms with van der Waals surface area (Å²) in [6.07, 6.45) is 1.53. The molecule has 3 rings (SSSR count). The second-order valence-corrected chi connectivity index (χ2v) is 6.93. The minimum absolute atomic E-state index is 0.0325. The number of nitriles is 1. The molecule has 0 N–H and O–H groups in total. The highest BCUT2D eigenvalue weighted by atomic mass is 35.5. The Balaban J connectivity index is 2.41. The molecule has 2 aromatic rings. The number of halogens is 2. The van der Waals surface area contributed by atoms with E-state index in [-0.39, 0.29) is 10.6 Å². The Kier molecular flexibility index (Phi) is 3.95. The molecule has 0 fully saturated rings. The van der Waals surface area contributed by atoms with E-state index in [0.717, 1.165) is 5.57 Å². The fourth-order valence-electron chi connectivity index (χ4n) is 2.71. The number of aromatic nitrogens is 1. The molecule has 0 amide bonds. The van der Waals surface area contributed by atoms with E-state index >= 15 is 0 Å². The molecule has 0 radical (unpaired) electrons. The van der Waals surface area contributed by atoms with Crippen molar-refractivity contribution >= 4 is 28.9 Å². The zero-order valence-electron chi connectivity index (χ0n) is 13.4. The van der Waals surface area contributed by atoms with E-state index in [1.165, 1.54) is 16.8 Å². The van der Waals surface area contributed by atoms with Crippen LogP contribution in [0, 0.1) is 11.3 Å². The van der Waals surface area contributed by atoms with Crippen molar-refractivity contribution in [1.82, 2.24) is 4.57 Å². The van der Waals surface area contributed by atoms with Gasteiger partial charge in [-0.15, -0.1) is 0 Å². The van der Waals surface area contributed by atoms with Crippen molar-refractivity contribution < 1.29 is 4.74 Å². The first-order valence-electron chi connectivity index (χ1n) is 7.27. The Morgan fingerprint density at radius 1 is 1.25 bits per heavy atom. The van der Waals surface area contributed by atoms with Crippen LogP contribution in [0.5, 0.6) is 5.75 Å². The summed E-state index contributed by atoms with van der Waals surface area (Å²) in [5, 5.41) is 9.57. The molecule has 0 spiro atoms. The molecule has 1 aliphatic rings. The molecule has 24 heavy (non-hydrogen) atoms. The average molecular weight is 361 g/mol. The highest BCUT2D eigenvalue weighted by molar-refractivity contribution is 6.34. The van der Waals surface area contributed by atoms with Gasteiger partial charge in [-0.2, -0.15) is 5.26 Å². The van der Waals surface area contributed by atoms with E-state index in [0.29, 0.717) is 27.6 Å². The Labute approximate surface area is 149 Å². The van der Waals surface area contributed by atoms with Crippen LogP contribution in [0.15, 0.2) is 40.8 Å². The zero-order chi connectivity index (χ0) is 17.6. The standard InChI is InChI=1S/C18H14Cl2N2O2/c1-10-16(22-9-12(19)7-14(20)17(22)23)13-6-11(8-21)4-5-15(13)24-18(10,2)3/h4-7,9H,1-3H3. The Morgan fingerprint density at radius 2 is 1.96 bits per heavy atom. The Hall–Kier alpha value is -2.22. The maximum Gasteiger partial charge on any atom is 0.273 e. The molecule has 0 saturated carbocycles. The molecule has 2 heterocycles. The quantitative estimate of drug-likeness (QED) is 0.753. The SMILES string of the molecule is CC1=C(n2cc(Cl)cc(Cl)c2=O)c2cc(C#N)ccc2OC1(C)C. The summed E-state index contributed by atoms with van der Waals surface area (Å²) in [7, 11) is 0. The van der Waals surface area contributed by atoms with Gasteiger partial charge in [0.15, 0.2) is 0 Å². The molecular weight excluding hydrogens is 347 g/mol. The first-order chi connectivity index (χ1) is 11.2. The lowest BCUT2D eigenvalue weighted by Crippen LogP contribution is -2.36. The highest BCUT2D eigenvalue weighted by Gasteiger charge is 2.34. The summed E-state index contributed by atoms with van der Waals surface area (Å²) >= 11 is 12.1. The van der Waals surface area contributed by atoms with Crippen LogP contribution in [0.4, 0.5) is 0 Å². The lowest BCUT2D eigenvalue weighted by molar-refractivity contribution is 0.143. The van der Waals surface area contributed by atoms with Crippen molar-refractivity contribution in [3.63, 3.8) is 0 Å². The highest BCUT2D eigenvalue weighted by Crippen LogP contribution is 2.41. The van der Waals surface area contributed by atoms with Crippen molar-refractivity contribution in [2.45, 2.75) is 26.4 Å². The first kappa shape index (κ1) is 16.6. The van der Waals surface area contributed by atoms with Crippen molar-refractivity contribution in [3.8, 4) is 11.8 Å². The van der Waals surface area contributed by atoms with Gasteiger partial charge in [-0.05, 0) is 50.6 Å². The van der Waals surface area contributed by atoms with Crippen molar-refractivity contribution in [3.05, 3.63) is 67.6 Å². The second-order valence-electron chi connectivity index (χ2n) is 6.09. The van der Waals surface area contributed by atoms with E-state index in [1.54, 1.807) is 18.2 Å². The fraction of sp³-hybridized carbons (Fsp3) is 0.222. The Morgan fingerprint density at radius 3 is 2.62 bits per heavy atom. The lowest BCUT2D eigenvalue weighted by Gasteiger charge is -2.36. The molecule has 6 heteroatoms. The molecule has 0 atom stereocenters. The van der Waals surface area contributed by atoms with Gasteiger partial charge < -0.3 is 4.74 Å². The van der Waals surface area contributed by atoms with Gasteiger partial charge in [0.05, 0.1) is 22.4 Å². The predicted octanol–water partition coefficient (Wildman–Crippen LogP) is 4.48. The smallest absolute Gasteiger partial charge is 0.273 e. The van der Waals surface area contributed by atoms with Crippen molar-refractivity contribution in [1.29, 1.82) is 5.26 Å². The van der Waals surface area contributed by atoms with Crippen molar-refractivity contribution in [2.75, 3.05) is 0 Å². The van der Waals surface area contributed by atoms with Crippen LogP contribution >= 0.6 is 23.2 Å².